The Labute approximate surface area is 138 Å². The molecule has 1 aromatic heterocycles. The van der Waals surface area contributed by atoms with Crippen LogP contribution in [-0.4, -0.2) is 46.3 Å². The number of carbonyl (C=O) groups excluding carboxylic acids is 2. The van der Waals surface area contributed by atoms with E-state index in [2.05, 4.69) is 15.6 Å². The number of nitrogens with two attached hydrogens (primary N) is 1. The van der Waals surface area contributed by atoms with E-state index >= 15 is 0 Å². The molecule has 0 radical (unpaired) electrons. The Morgan fingerprint density at radius 1 is 1.52 bits per heavy atom. The Morgan fingerprint density at radius 3 is 2.65 bits per heavy atom. The molecule has 0 saturated carbocycles. The molecule has 0 saturated heterocycles. The number of amides is 2. The van der Waals surface area contributed by atoms with Crippen LogP contribution >= 0.6 is 11.6 Å². The summed E-state index contributed by atoms with van der Waals surface area (Å²) in [6, 6.07) is 0.615. The molecule has 0 aliphatic heterocycles. The standard InChI is InChI=1S/C14H20ClFN4O3/c1-7(12(17)21)20-9-4-11(15)18-5-8(9)13(22)19-6-10(16)14(2,3)23/h4-5,7,10,23H,6H2,1-3H3,(H2,17,21)(H,18,20)(H,19,22)/t7-,10-/m1/s1. The number of halogens is 2. The van der Waals surface area contributed by atoms with Crippen molar-refractivity contribution in [3.05, 3.63) is 23.0 Å². The lowest BCUT2D eigenvalue weighted by Crippen LogP contribution is -2.42. The SMILES string of the molecule is C[C@@H](Nc1cc(Cl)ncc1C(=O)NC[C@@H](F)C(C)(C)O)C(N)=O. The zero-order valence-corrected chi connectivity index (χ0v) is 13.8. The number of nitrogens with one attached hydrogen (secondary N) is 2. The van der Waals surface area contributed by atoms with E-state index < -0.39 is 29.6 Å². The number of rotatable bonds is 7. The van der Waals surface area contributed by atoms with E-state index in [-0.39, 0.29) is 22.9 Å². The van der Waals surface area contributed by atoms with Crippen LogP contribution in [0.15, 0.2) is 12.3 Å². The summed E-state index contributed by atoms with van der Waals surface area (Å²) in [6.45, 7) is 3.74. The molecule has 1 rings (SSSR count). The molecule has 9 heteroatoms. The summed E-state index contributed by atoms with van der Waals surface area (Å²) in [7, 11) is 0. The van der Waals surface area contributed by atoms with Crippen molar-refractivity contribution in [2.24, 2.45) is 5.73 Å². The van der Waals surface area contributed by atoms with Crippen LogP contribution in [0.5, 0.6) is 0 Å². The molecule has 0 bridgehead atoms. The number of carbonyl (C=O) groups is 2. The van der Waals surface area contributed by atoms with Crippen LogP contribution in [0.4, 0.5) is 10.1 Å². The monoisotopic (exact) mass is 346 g/mol. The average Bonchev–Trinajstić information content (AvgIpc) is 2.43. The van der Waals surface area contributed by atoms with Gasteiger partial charge in [-0.15, -0.1) is 0 Å². The van der Waals surface area contributed by atoms with Crippen molar-refractivity contribution in [2.75, 3.05) is 11.9 Å². The number of aliphatic hydroxyl groups is 1. The number of hydrogen-bond donors (Lipinski definition) is 4. The Kier molecular flexibility index (Phi) is 6.28. The molecule has 128 valence electrons. The molecule has 23 heavy (non-hydrogen) atoms. The smallest absolute Gasteiger partial charge is 0.255 e. The Bertz CT molecular complexity index is 592. The number of primary amides is 1. The highest BCUT2D eigenvalue weighted by molar-refractivity contribution is 6.29. The van der Waals surface area contributed by atoms with E-state index in [0.717, 1.165) is 0 Å². The van der Waals surface area contributed by atoms with E-state index in [0.29, 0.717) is 0 Å². The first kappa shape index (κ1) is 19.1. The van der Waals surface area contributed by atoms with Crippen molar-refractivity contribution in [1.82, 2.24) is 10.3 Å². The van der Waals surface area contributed by atoms with Gasteiger partial charge in [-0.1, -0.05) is 11.6 Å². The van der Waals surface area contributed by atoms with Crippen LogP contribution in [0.25, 0.3) is 0 Å². The molecular weight excluding hydrogens is 327 g/mol. The van der Waals surface area contributed by atoms with Crippen LogP contribution in [-0.2, 0) is 4.79 Å². The van der Waals surface area contributed by atoms with Gasteiger partial charge in [-0.05, 0) is 26.8 Å². The molecule has 0 fully saturated rings. The number of nitrogens with zero attached hydrogens (tertiary/aromatic N) is 1. The van der Waals surface area contributed by atoms with E-state index in [1.807, 2.05) is 0 Å². The fourth-order valence-corrected chi connectivity index (χ4v) is 1.72. The molecule has 0 aromatic carbocycles. The highest BCUT2D eigenvalue weighted by Crippen LogP contribution is 2.20. The van der Waals surface area contributed by atoms with Crippen molar-refractivity contribution in [3.8, 4) is 0 Å². The van der Waals surface area contributed by atoms with Gasteiger partial charge in [-0.25, -0.2) is 9.37 Å². The average molecular weight is 347 g/mol. The quantitative estimate of drug-likeness (QED) is 0.546. The molecule has 0 aliphatic carbocycles. The number of alkyl halides is 1. The van der Waals surface area contributed by atoms with Gasteiger partial charge in [0.05, 0.1) is 23.4 Å². The third-order valence-corrected chi connectivity index (χ3v) is 3.33. The normalized spacial score (nSPS) is 14.0. The van der Waals surface area contributed by atoms with Gasteiger partial charge in [0.25, 0.3) is 5.91 Å². The predicted molar refractivity (Wildman–Crippen MR) is 85.1 cm³/mol. The van der Waals surface area contributed by atoms with Gasteiger partial charge in [0.15, 0.2) is 0 Å². The second kappa shape index (κ2) is 7.56. The zero-order chi connectivity index (χ0) is 17.8. The van der Waals surface area contributed by atoms with Gasteiger partial charge in [0, 0.05) is 6.20 Å². The summed E-state index contributed by atoms with van der Waals surface area (Å²) in [6.07, 6.45) is -0.446. The van der Waals surface area contributed by atoms with Gasteiger partial charge in [0.1, 0.15) is 17.4 Å². The number of aromatic nitrogens is 1. The van der Waals surface area contributed by atoms with Crippen LogP contribution in [0.1, 0.15) is 31.1 Å². The molecule has 5 N–H and O–H groups in total. The van der Waals surface area contributed by atoms with Gasteiger partial charge in [-0.2, -0.15) is 0 Å². The lowest BCUT2D eigenvalue weighted by Gasteiger charge is -2.22. The van der Waals surface area contributed by atoms with Crippen molar-refractivity contribution in [1.29, 1.82) is 0 Å². The van der Waals surface area contributed by atoms with E-state index in [9.17, 15) is 19.1 Å². The minimum Gasteiger partial charge on any atom is -0.387 e. The van der Waals surface area contributed by atoms with Crippen LogP contribution in [0.2, 0.25) is 5.15 Å². The minimum absolute atomic E-state index is 0.0745. The zero-order valence-electron chi connectivity index (χ0n) is 13.1. The van der Waals surface area contributed by atoms with E-state index in [1.165, 1.54) is 33.0 Å². The molecule has 1 aromatic rings. The van der Waals surface area contributed by atoms with Gasteiger partial charge >= 0.3 is 0 Å². The van der Waals surface area contributed by atoms with Crippen LogP contribution < -0.4 is 16.4 Å². The van der Waals surface area contributed by atoms with Gasteiger partial charge in [-0.3, -0.25) is 9.59 Å². The second-order valence-corrected chi connectivity index (χ2v) is 6.04. The highest BCUT2D eigenvalue weighted by atomic mass is 35.5. The van der Waals surface area contributed by atoms with Gasteiger partial charge < -0.3 is 21.5 Å². The molecule has 2 atom stereocenters. The van der Waals surface area contributed by atoms with Gasteiger partial charge in [0.2, 0.25) is 5.91 Å². The molecular formula is C14H20ClFN4O3. The first-order chi connectivity index (χ1) is 10.5. The number of pyridine rings is 1. The van der Waals surface area contributed by atoms with Crippen molar-refractivity contribution >= 4 is 29.1 Å². The van der Waals surface area contributed by atoms with E-state index in [1.54, 1.807) is 0 Å². The molecule has 7 nitrogen and oxygen atoms in total. The fraction of sp³-hybridized carbons (Fsp3) is 0.500. The second-order valence-electron chi connectivity index (χ2n) is 5.65. The summed E-state index contributed by atoms with van der Waals surface area (Å²) < 4.78 is 13.7. The first-order valence-corrected chi connectivity index (χ1v) is 7.26. The molecule has 0 aliphatic rings. The third kappa shape index (κ3) is 5.65. The largest absolute Gasteiger partial charge is 0.387 e. The maximum Gasteiger partial charge on any atom is 0.255 e. The maximum absolute atomic E-state index is 13.7. The summed E-state index contributed by atoms with van der Waals surface area (Å²) in [4.78, 5) is 27.1. The molecule has 1 heterocycles. The Morgan fingerprint density at radius 2 is 2.13 bits per heavy atom. The molecule has 0 spiro atoms. The maximum atomic E-state index is 13.7. The fourth-order valence-electron chi connectivity index (χ4n) is 1.56. The summed E-state index contributed by atoms with van der Waals surface area (Å²) >= 11 is 5.78. The predicted octanol–water partition coefficient (Wildman–Crippen LogP) is 0.859. The minimum atomic E-state index is -1.65. The summed E-state index contributed by atoms with van der Waals surface area (Å²) in [5, 5.41) is 14.7. The first-order valence-electron chi connectivity index (χ1n) is 6.88. The van der Waals surface area contributed by atoms with E-state index in [4.69, 9.17) is 17.3 Å². The molecule has 0 unspecified atom stereocenters. The Balaban J connectivity index is 2.90. The number of hydrogen-bond acceptors (Lipinski definition) is 5. The highest BCUT2D eigenvalue weighted by Gasteiger charge is 2.27. The topological polar surface area (TPSA) is 117 Å². The summed E-state index contributed by atoms with van der Waals surface area (Å²) in [5.41, 5.74) is 3.91. The van der Waals surface area contributed by atoms with Crippen LogP contribution in [0.3, 0.4) is 0 Å². The van der Waals surface area contributed by atoms with Crippen LogP contribution in [0, 0.1) is 0 Å². The van der Waals surface area contributed by atoms with Crippen molar-refractivity contribution in [2.45, 2.75) is 38.6 Å². The lowest BCUT2D eigenvalue weighted by molar-refractivity contribution is -0.118. The third-order valence-electron chi connectivity index (χ3n) is 3.12. The van der Waals surface area contributed by atoms with Crippen molar-refractivity contribution < 1.29 is 19.1 Å². The lowest BCUT2D eigenvalue weighted by atomic mass is 10.0. The number of anilines is 1. The molecule has 2 amide bonds. The van der Waals surface area contributed by atoms with Crippen molar-refractivity contribution in [3.63, 3.8) is 0 Å². The summed E-state index contributed by atoms with van der Waals surface area (Å²) in [5.74, 6) is -1.24. The Hall–Kier alpha value is -1.93.